The van der Waals surface area contributed by atoms with E-state index in [9.17, 15) is 33.6 Å². The number of carboxylic acid groups (broad SMARTS) is 2. The van der Waals surface area contributed by atoms with Crippen molar-refractivity contribution in [1.29, 1.82) is 0 Å². The molecular formula is C16H26N6O9. The van der Waals surface area contributed by atoms with Crippen molar-refractivity contribution < 1.29 is 43.8 Å². The van der Waals surface area contributed by atoms with Crippen molar-refractivity contribution >= 4 is 41.5 Å². The SMILES string of the molecule is CC(NC(=O)C(N)CC(N)=O)C(=O)NC(CC(N)=O)C(=O)NC(CCC(=O)O)C(=O)O. The first-order valence-corrected chi connectivity index (χ1v) is 8.92. The van der Waals surface area contributed by atoms with Crippen molar-refractivity contribution in [1.82, 2.24) is 16.0 Å². The average molecular weight is 446 g/mol. The van der Waals surface area contributed by atoms with Gasteiger partial charge in [-0.05, 0) is 13.3 Å². The van der Waals surface area contributed by atoms with E-state index in [4.69, 9.17) is 27.4 Å². The number of primary amides is 2. The van der Waals surface area contributed by atoms with Crippen molar-refractivity contribution in [2.45, 2.75) is 56.8 Å². The highest BCUT2D eigenvalue weighted by atomic mass is 16.4. The van der Waals surface area contributed by atoms with Gasteiger partial charge in [-0.1, -0.05) is 0 Å². The molecule has 0 saturated heterocycles. The van der Waals surface area contributed by atoms with Crippen molar-refractivity contribution in [2.75, 3.05) is 0 Å². The van der Waals surface area contributed by atoms with Gasteiger partial charge in [0.2, 0.25) is 29.5 Å². The van der Waals surface area contributed by atoms with Gasteiger partial charge in [0.1, 0.15) is 18.1 Å². The van der Waals surface area contributed by atoms with E-state index in [-0.39, 0.29) is 0 Å². The van der Waals surface area contributed by atoms with Gasteiger partial charge in [0.25, 0.3) is 0 Å². The third kappa shape index (κ3) is 11.1. The zero-order chi connectivity index (χ0) is 24.3. The Hall–Kier alpha value is -3.75. The third-order valence-electron chi connectivity index (χ3n) is 3.81. The lowest BCUT2D eigenvalue weighted by molar-refractivity contribution is -0.143. The molecule has 0 heterocycles. The molecule has 0 bridgehead atoms. The molecule has 0 aliphatic heterocycles. The van der Waals surface area contributed by atoms with Gasteiger partial charge in [0, 0.05) is 6.42 Å². The van der Waals surface area contributed by atoms with E-state index in [0.29, 0.717) is 0 Å². The first-order chi connectivity index (χ1) is 14.2. The lowest BCUT2D eigenvalue weighted by Crippen LogP contribution is -2.57. The number of nitrogens with one attached hydrogen (secondary N) is 3. The highest BCUT2D eigenvalue weighted by Gasteiger charge is 2.30. The van der Waals surface area contributed by atoms with E-state index in [1.165, 1.54) is 6.92 Å². The molecule has 11 N–H and O–H groups in total. The van der Waals surface area contributed by atoms with Crippen LogP contribution in [0.4, 0.5) is 0 Å². The number of hydrogen-bond acceptors (Lipinski definition) is 8. The zero-order valence-corrected chi connectivity index (χ0v) is 16.6. The minimum Gasteiger partial charge on any atom is -0.481 e. The summed E-state index contributed by atoms with van der Waals surface area (Å²) in [5.74, 6) is -7.58. The predicted octanol–water partition coefficient (Wildman–Crippen LogP) is -4.51. The fourth-order valence-corrected chi connectivity index (χ4v) is 2.20. The molecule has 0 aliphatic rings. The Balaban J connectivity index is 5.15. The zero-order valence-electron chi connectivity index (χ0n) is 16.6. The Morgan fingerprint density at radius 2 is 1.29 bits per heavy atom. The predicted molar refractivity (Wildman–Crippen MR) is 102 cm³/mol. The van der Waals surface area contributed by atoms with E-state index in [1.807, 2.05) is 5.32 Å². The molecule has 31 heavy (non-hydrogen) atoms. The van der Waals surface area contributed by atoms with Crippen LogP contribution < -0.4 is 33.2 Å². The van der Waals surface area contributed by atoms with Crippen LogP contribution in [0, 0.1) is 0 Å². The fourth-order valence-electron chi connectivity index (χ4n) is 2.20. The van der Waals surface area contributed by atoms with Gasteiger partial charge in [-0.25, -0.2) is 4.79 Å². The number of amides is 5. The van der Waals surface area contributed by atoms with Crippen molar-refractivity contribution in [3.63, 3.8) is 0 Å². The summed E-state index contributed by atoms with van der Waals surface area (Å²) >= 11 is 0. The summed E-state index contributed by atoms with van der Waals surface area (Å²) in [4.78, 5) is 80.3. The molecule has 0 aromatic heterocycles. The van der Waals surface area contributed by atoms with Crippen molar-refractivity contribution in [3.8, 4) is 0 Å². The summed E-state index contributed by atoms with van der Waals surface area (Å²) in [6, 6.07) is -5.78. The quantitative estimate of drug-likeness (QED) is 0.126. The molecular weight excluding hydrogens is 420 g/mol. The summed E-state index contributed by atoms with van der Waals surface area (Å²) in [5, 5.41) is 24.1. The van der Waals surface area contributed by atoms with Crippen LogP contribution in [0.2, 0.25) is 0 Å². The maximum Gasteiger partial charge on any atom is 0.326 e. The second-order valence-electron chi connectivity index (χ2n) is 6.57. The summed E-state index contributed by atoms with van der Waals surface area (Å²) < 4.78 is 0. The molecule has 0 radical (unpaired) electrons. The van der Waals surface area contributed by atoms with Crippen LogP contribution in [0.1, 0.15) is 32.6 Å². The van der Waals surface area contributed by atoms with Gasteiger partial charge >= 0.3 is 11.9 Å². The van der Waals surface area contributed by atoms with E-state index in [2.05, 4.69) is 10.6 Å². The number of nitrogens with two attached hydrogens (primary N) is 3. The number of carbonyl (C=O) groups excluding carboxylic acids is 5. The summed E-state index contributed by atoms with van der Waals surface area (Å²) in [6.07, 6.45) is -2.18. The summed E-state index contributed by atoms with van der Waals surface area (Å²) in [5.41, 5.74) is 15.4. The molecule has 4 unspecified atom stereocenters. The van der Waals surface area contributed by atoms with Crippen molar-refractivity contribution in [3.05, 3.63) is 0 Å². The molecule has 0 rings (SSSR count). The van der Waals surface area contributed by atoms with Gasteiger partial charge in [-0.2, -0.15) is 0 Å². The Morgan fingerprint density at radius 3 is 1.74 bits per heavy atom. The van der Waals surface area contributed by atoms with E-state index < -0.39 is 91.3 Å². The molecule has 0 aliphatic carbocycles. The maximum atomic E-state index is 12.3. The molecule has 0 fully saturated rings. The van der Waals surface area contributed by atoms with Crippen molar-refractivity contribution in [2.24, 2.45) is 17.2 Å². The van der Waals surface area contributed by atoms with Gasteiger partial charge in [-0.15, -0.1) is 0 Å². The van der Waals surface area contributed by atoms with Crippen LogP contribution in [-0.4, -0.2) is 75.9 Å². The molecule has 0 aromatic rings. The number of carbonyl (C=O) groups is 7. The van der Waals surface area contributed by atoms with Gasteiger partial charge in [-0.3, -0.25) is 28.8 Å². The van der Waals surface area contributed by atoms with Crippen LogP contribution in [0.3, 0.4) is 0 Å². The topological polar surface area (TPSA) is 274 Å². The molecule has 0 saturated carbocycles. The summed E-state index contributed by atoms with van der Waals surface area (Å²) in [7, 11) is 0. The number of rotatable bonds is 14. The van der Waals surface area contributed by atoms with Crippen LogP contribution >= 0.6 is 0 Å². The van der Waals surface area contributed by atoms with E-state index >= 15 is 0 Å². The second-order valence-corrected chi connectivity index (χ2v) is 6.57. The lowest BCUT2D eigenvalue weighted by Gasteiger charge is -2.23. The minimum absolute atomic E-state index is 0.447. The molecule has 0 aromatic carbocycles. The third-order valence-corrected chi connectivity index (χ3v) is 3.81. The Morgan fingerprint density at radius 1 is 0.774 bits per heavy atom. The number of carboxylic acids is 2. The Labute approximate surface area is 176 Å². The van der Waals surface area contributed by atoms with Gasteiger partial charge < -0.3 is 43.4 Å². The smallest absolute Gasteiger partial charge is 0.326 e. The molecule has 15 nitrogen and oxygen atoms in total. The highest BCUT2D eigenvalue weighted by Crippen LogP contribution is 2.02. The summed E-state index contributed by atoms with van der Waals surface area (Å²) in [6.45, 7) is 1.22. The van der Waals surface area contributed by atoms with E-state index in [0.717, 1.165) is 0 Å². The van der Waals surface area contributed by atoms with Crippen LogP contribution in [0.15, 0.2) is 0 Å². The number of hydrogen-bond donors (Lipinski definition) is 8. The fraction of sp³-hybridized carbons (Fsp3) is 0.562. The van der Waals surface area contributed by atoms with Crippen LogP contribution in [0.5, 0.6) is 0 Å². The maximum absolute atomic E-state index is 12.3. The first-order valence-electron chi connectivity index (χ1n) is 8.92. The minimum atomic E-state index is -1.60. The normalized spacial score (nSPS) is 14.3. The molecule has 4 atom stereocenters. The monoisotopic (exact) mass is 446 g/mol. The molecule has 5 amide bonds. The van der Waals surface area contributed by atoms with Crippen LogP contribution in [-0.2, 0) is 33.6 Å². The first kappa shape index (κ1) is 27.2. The second kappa shape index (κ2) is 12.7. The highest BCUT2D eigenvalue weighted by molar-refractivity contribution is 5.96. The van der Waals surface area contributed by atoms with Gasteiger partial charge in [0.05, 0.1) is 18.9 Å². The lowest BCUT2D eigenvalue weighted by atomic mass is 10.1. The molecule has 0 spiro atoms. The largest absolute Gasteiger partial charge is 0.481 e. The van der Waals surface area contributed by atoms with Gasteiger partial charge in [0.15, 0.2) is 0 Å². The number of aliphatic carboxylic acids is 2. The Kier molecular flexibility index (Phi) is 11.2. The standard InChI is InChI=1S/C16H26N6O9/c1-6(20-14(28)7(17)4-10(18)23)13(27)22-9(5-11(19)24)15(29)21-8(16(30)31)2-3-12(25)26/h6-9H,2-5,17H2,1H3,(H2,18,23)(H2,19,24)(H,20,28)(H,21,29)(H,22,27)(H,25,26)(H,30,31). The molecule has 174 valence electrons. The Bertz CT molecular complexity index is 741. The molecule has 15 heteroatoms. The van der Waals surface area contributed by atoms with Crippen LogP contribution in [0.25, 0.3) is 0 Å². The average Bonchev–Trinajstić information content (AvgIpc) is 2.62. The van der Waals surface area contributed by atoms with E-state index in [1.54, 1.807) is 0 Å².